The molecule has 0 aliphatic carbocycles. The van der Waals surface area contributed by atoms with Gasteiger partial charge in [-0.05, 0) is 13.0 Å². The van der Waals surface area contributed by atoms with Crippen molar-refractivity contribution < 1.29 is 19.4 Å². The van der Waals surface area contributed by atoms with Crippen molar-refractivity contribution in [2.75, 3.05) is 13.2 Å². The quantitative estimate of drug-likeness (QED) is 0.792. The van der Waals surface area contributed by atoms with Crippen LogP contribution in [-0.2, 0) is 14.3 Å². The van der Waals surface area contributed by atoms with Gasteiger partial charge in [-0.15, -0.1) is 6.58 Å². The molecule has 2 aliphatic heterocycles. The maximum absolute atomic E-state index is 11.4. The smallest absolute Gasteiger partial charge is 0.184 e. The molecule has 2 rings (SSSR count). The molecule has 0 saturated carbocycles. The molecule has 0 aromatic carbocycles. The van der Waals surface area contributed by atoms with Crippen LogP contribution in [0.2, 0.25) is 0 Å². The standard InChI is InChI=1S/C11H16O4.C3H6.C2H6/c1-7-6-15-10(11(7)13)5-9-8(12)3-2-4-14-9;1-3-2;1-2/h2-3,7,9-11,13H,4-6H2,1H3;3H,1H2,2H3;1-2H3. The summed E-state index contributed by atoms with van der Waals surface area (Å²) in [5, 5.41) is 9.76. The molecule has 1 saturated heterocycles. The molecule has 1 N–H and O–H groups in total. The van der Waals surface area contributed by atoms with E-state index in [2.05, 4.69) is 6.58 Å². The van der Waals surface area contributed by atoms with Crippen LogP contribution in [0.5, 0.6) is 0 Å². The molecule has 0 spiro atoms. The van der Waals surface area contributed by atoms with E-state index in [9.17, 15) is 9.90 Å². The molecule has 1 fully saturated rings. The van der Waals surface area contributed by atoms with Gasteiger partial charge in [0.05, 0.1) is 25.4 Å². The Morgan fingerprint density at radius 2 is 2.05 bits per heavy atom. The number of aliphatic hydroxyl groups excluding tert-OH is 1. The highest BCUT2D eigenvalue weighted by Gasteiger charge is 2.36. The number of allylic oxidation sites excluding steroid dienone is 1. The van der Waals surface area contributed by atoms with Gasteiger partial charge in [-0.25, -0.2) is 0 Å². The molecule has 0 radical (unpaired) electrons. The summed E-state index contributed by atoms with van der Waals surface area (Å²) in [6, 6.07) is 0. The van der Waals surface area contributed by atoms with Crippen molar-refractivity contribution in [3.8, 4) is 0 Å². The van der Waals surface area contributed by atoms with E-state index >= 15 is 0 Å². The van der Waals surface area contributed by atoms with Crippen molar-refractivity contribution in [2.24, 2.45) is 5.92 Å². The molecule has 116 valence electrons. The lowest BCUT2D eigenvalue weighted by Gasteiger charge is -2.22. The Balaban J connectivity index is 0.000000641. The lowest BCUT2D eigenvalue weighted by Crippen LogP contribution is -2.35. The SMILES string of the molecule is C=CC.CC.CC1COC(CC2OCC=CC2=O)C1O. The molecule has 0 aromatic rings. The largest absolute Gasteiger partial charge is 0.390 e. The molecule has 4 unspecified atom stereocenters. The van der Waals surface area contributed by atoms with Crippen LogP contribution < -0.4 is 0 Å². The second kappa shape index (κ2) is 10.8. The predicted molar refractivity (Wildman–Crippen MR) is 80.6 cm³/mol. The van der Waals surface area contributed by atoms with E-state index in [1.807, 2.05) is 27.7 Å². The zero-order chi connectivity index (χ0) is 15.5. The van der Waals surface area contributed by atoms with Crippen molar-refractivity contribution >= 4 is 5.78 Å². The molecule has 2 aliphatic rings. The zero-order valence-electron chi connectivity index (χ0n) is 13.0. The van der Waals surface area contributed by atoms with Crippen LogP contribution in [0.4, 0.5) is 0 Å². The van der Waals surface area contributed by atoms with Crippen LogP contribution in [0.25, 0.3) is 0 Å². The second-order valence-electron chi connectivity index (χ2n) is 4.61. The molecule has 0 amide bonds. The first-order valence-corrected chi connectivity index (χ1v) is 7.28. The van der Waals surface area contributed by atoms with Crippen molar-refractivity contribution in [3.05, 3.63) is 24.8 Å². The van der Waals surface area contributed by atoms with Gasteiger partial charge in [-0.1, -0.05) is 32.9 Å². The Hall–Kier alpha value is -0.970. The number of carbonyl (C=O) groups is 1. The van der Waals surface area contributed by atoms with Crippen LogP contribution >= 0.6 is 0 Å². The summed E-state index contributed by atoms with van der Waals surface area (Å²) in [6.07, 6.45) is 4.26. The summed E-state index contributed by atoms with van der Waals surface area (Å²) in [4.78, 5) is 11.4. The first-order valence-electron chi connectivity index (χ1n) is 7.28. The minimum Gasteiger partial charge on any atom is -0.390 e. The first-order chi connectivity index (χ1) is 9.60. The maximum Gasteiger partial charge on any atom is 0.184 e. The van der Waals surface area contributed by atoms with E-state index in [-0.39, 0.29) is 17.8 Å². The molecular formula is C16H28O4. The Morgan fingerprint density at radius 1 is 1.45 bits per heavy atom. The van der Waals surface area contributed by atoms with Gasteiger partial charge in [0.25, 0.3) is 0 Å². The van der Waals surface area contributed by atoms with Crippen LogP contribution in [0.3, 0.4) is 0 Å². The van der Waals surface area contributed by atoms with Gasteiger partial charge in [-0.2, -0.15) is 0 Å². The van der Waals surface area contributed by atoms with Gasteiger partial charge in [0.2, 0.25) is 0 Å². The number of carbonyl (C=O) groups excluding carboxylic acids is 1. The lowest BCUT2D eigenvalue weighted by atomic mass is 9.98. The second-order valence-corrected chi connectivity index (χ2v) is 4.61. The molecule has 0 aromatic heterocycles. The molecule has 2 heterocycles. The number of hydrogen-bond donors (Lipinski definition) is 1. The highest BCUT2D eigenvalue weighted by Crippen LogP contribution is 2.24. The minimum atomic E-state index is -0.479. The summed E-state index contributed by atoms with van der Waals surface area (Å²) in [6.45, 7) is 12.2. The van der Waals surface area contributed by atoms with E-state index in [1.54, 1.807) is 18.2 Å². The average molecular weight is 284 g/mol. The average Bonchev–Trinajstić information content (AvgIpc) is 2.76. The normalized spacial score (nSPS) is 31.8. The lowest BCUT2D eigenvalue weighted by molar-refractivity contribution is -0.129. The van der Waals surface area contributed by atoms with E-state index in [0.29, 0.717) is 19.6 Å². The molecule has 4 nitrogen and oxygen atoms in total. The molecule has 0 bridgehead atoms. The van der Waals surface area contributed by atoms with Crippen LogP contribution in [0.15, 0.2) is 24.8 Å². The summed E-state index contributed by atoms with van der Waals surface area (Å²) in [7, 11) is 0. The van der Waals surface area contributed by atoms with Crippen molar-refractivity contribution in [1.29, 1.82) is 0 Å². The Kier molecular flexibility index (Phi) is 10.3. The Bertz CT molecular complexity index is 312. The predicted octanol–water partition coefficient (Wildman–Crippen LogP) is 2.51. The third-order valence-corrected chi connectivity index (χ3v) is 2.98. The fourth-order valence-corrected chi connectivity index (χ4v) is 1.97. The number of ketones is 1. The Labute approximate surface area is 122 Å². The number of ether oxygens (including phenoxy) is 2. The van der Waals surface area contributed by atoms with Gasteiger partial charge in [0.15, 0.2) is 5.78 Å². The van der Waals surface area contributed by atoms with Crippen LogP contribution in [-0.4, -0.2) is 42.4 Å². The van der Waals surface area contributed by atoms with E-state index in [4.69, 9.17) is 9.47 Å². The Morgan fingerprint density at radius 3 is 2.50 bits per heavy atom. The molecular weight excluding hydrogens is 256 g/mol. The summed E-state index contributed by atoms with van der Waals surface area (Å²) >= 11 is 0. The highest BCUT2D eigenvalue weighted by molar-refractivity contribution is 5.94. The van der Waals surface area contributed by atoms with E-state index in [0.717, 1.165) is 0 Å². The number of hydrogen-bond acceptors (Lipinski definition) is 4. The minimum absolute atomic E-state index is 0.0309. The first kappa shape index (κ1) is 19.0. The summed E-state index contributed by atoms with van der Waals surface area (Å²) in [5.74, 6) is 0.112. The van der Waals surface area contributed by atoms with Crippen molar-refractivity contribution in [3.63, 3.8) is 0 Å². The zero-order valence-corrected chi connectivity index (χ0v) is 13.0. The maximum atomic E-state index is 11.4. The van der Waals surface area contributed by atoms with Crippen LogP contribution in [0.1, 0.15) is 34.1 Å². The molecule has 4 atom stereocenters. The fourth-order valence-electron chi connectivity index (χ4n) is 1.97. The highest BCUT2D eigenvalue weighted by atomic mass is 16.5. The van der Waals surface area contributed by atoms with Crippen LogP contribution in [0, 0.1) is 5.92 Å². The van der Waals surface area contributed by atoms with E-state index < -0.39 is 12.2 Å². The van der Waals surface area contributed by atoms with Gasteiger partial charge < -0.3 is 14.6 Å². The van der Waals surface area contributed by atoms with E-state index in [1.165, 1.54) is 0 Å². The molecule has 4 heteroatoms. The summed E-state index contributed by atoms with van der Waals surface area (Å²) in [5.41, 5.74) is 0. The number of rotatable bonds is 2. The summed E-state index contributed by atoms with van der Waals surface area (Å²) < 4.78 is 10.7. The van der Waals surface area contributed by atoms with Gasteiger partial charge >= 0.3 is 0 Å². The van der Waals surface area contributed by atoms with Crippen molar-refractivity contribution in [1.82, 2.24) is 0 Å². The third kappa shape index (κ3) is 5.99. The van der Waals surface area contributed by atoms with Gasteiger partial charge in [0.1, 0.15) is 6.10 Å². The van der Waals surface area contributed by atoms with Crippen molar-refractivity contribution in [2.45, 2.75) is 52.4 Å². The topological polar surface area (TPSA) is 55.8 Å². The third-order valence-electron chi connectivity index (χ3n) is 2.98. The molecule has 20 heavy (non-hydrogen) atoms. The fraction of sp³-hybridized carbons (Fsp3) is 0.688. The van der Waals surface area contributed by atoms with Gasteiger partial charge in [0, 0.05) is 12.3 Å². The number of aliphatic hydroxyl groups is 1. The van der Waals surface area contributed by atoms with Gasteiger partial charge in [-0.3, -0.25) is 4.79 Å². The monoisotopic (exact) mass is 284 g/mol.